The fourth-order valence-corrected chi connectivity index (χ4v) is 3.60. The number of benzene rings is 2. The Morgan fingerprint density at radius 1 is 0.778 bits per heavy atom. The zero-order valence-electron chi connectivity index (χ0n) is 10.3. The molecule has 0 aliphatic heterocycles. The van der Waals surface area contributed by atoms with Gasteiger partial charge in [0, 0.05) is 5.92 Å². The molecule has 2 aliphatic carbocycles. The molecule has 0 bridgehead atoms. The topological polar surface area (TPSA) is 0 Å². The van der Waals surface area contributed by atoms with E-state index in [1.165, 1.54) is 29.5 Å². The lowest BCUT2D eigenvalue weighted by Gasteiger charge is -2.36. The van der Waals surface area contributed by atoms with Crippen molar-refractivity contribution in [1.82, 2.24) is 0 Å². The number of rotatable bonds is 0. The van der Waals surface area contributed by atoms with Crippen molar-refractivity contribution >= 4 is 0 Å². The Kier molecular flexibility index (Phi) is 2.16. The molecule has 88 valence electrons. The molecular formula is C18H16. The summed E-state index contributed by atoms with van der Waals surface area (Å²) in [5.41, 5.74) is 5.94. The maximum absolute atomic E-state index is 2.42. The third kappa shape index (κ3) is 1.32. The lowest BCUT2D eigenvalue weighted by molar-refractivity contribution is 0.547. The van der Waals surface area contributed by atoms with Gasteiger partial charge < -0.3 is 0 Å². The quantitative estimate of drug-likeness (QED) is 0.568. The predicted molar refractivity (Wildman–Crippen MR) is 75.7 cm³/mol. The van der Waals surface area contributed by atoms with Crippen LogP contribution in [0.4, 0.5) is 0 Å². The van der Waals surface area contributed by atoms with E-state index < -0.39 is 0 Å². The fraction of sp³-hybridized carbons (Fsp3) is 0.222. The van der Waals surface area contributed by atoms with Crippen molar-refractivity contribution in [2.24, 2.45) is 0 Å². The normalized spacial score (nSPS) is 24.0. The van der Waals surface area contributed by atoms with Crippen LogP contribution in [-0.2, 0) is 0 Å². The maximum atomic E-state index is 2.42. The van der Waals surface area contributed by atoms with Gasteiger partial charge in [-0.25, -0.2) is 0 Å². The first-order valence-corrected chi connectivity index (χ1v) is 6.80. The minimum Gasteiger partial charge on any atom is -0.0879 e. The number of hydrogen-bond acceptors (Lipinski definition) is 0. The smallest absolute Gasteiger partial charge is 0.00932 e. The summed E-state index contributed by atoms with van der Waals surface area (Å²) >= 11 is 0. The van der Waals surface area contributed by atoms with Gasteiger partial charge in [0.15, 0.2) is 0 Å². The monoisotopic (exact) mass is 232 g/mol. The molecule has 0 amide bonds. The summed E-state index contributed by atoms with van der Waals surface area (Å²) in [7, 11) is 0. The second-order valence-electron chi connectivity index (χ2n) is 5.31. The van der Waals surface area contributed by atoms with Crippen molar-refractivity contribution in [3.8, 4) is 11.1 Å². The van der Waals surface area contributed by atoms with Crippen molar-refractivity contribution < 1.29 is 0 Å². The molecule has 18 heavy (non-hydrogen) atoms. The number of hydrogen-bond donors (Lipinski definition) is 0. The highest BCUT2D eigenvalue weighted by atomic mass is 14.4. The van der Waals surface area contributed by atoms with Crippen LogP contribution >= 0.6 is 0 Å². The van der Waals surface area contributed by atoms with Gasteiger partial charge >= 0.3 is 0 Å². The van der Waals surface area contributed by atoms with Gasteiger partial charge in [0.25, 0.3) is 0 Å². The highest BCUT2D eigenvalue weighted by Gasteiger charge is 2.32. The van der Waals surface area contributed by atoms with Crippen LogP contribution in [0.25, 0.3) is 11.1 Å². The van der Waals surface area contributed by atoms with E-state index in [4.69, 9.17) is 0 Å². The number of allylic oxidation sites excluding steroid dienone is 2. The van der Waals surface area contributed by atoms with Gasteiger partial charge in [0.2, 0.25) is 0 Å². The van der Waals surface area contributed by atoms with E-state index in [9.17, 15) is 0 Å². The largest absolute Gasteiger partial charge is 0.0879 e. The molecule has 4 rings (SSSR count). The lowest BCUT2D eigenvalue weighted by Crippen LogP contribution is -2.18. The summed E-state index contributed by atoms with van der Waals surface area (Å²) in [4.78, 5) is 0. The van der Waals surface area contributed by atoms with E-state index in [0.717, 1.165) is 0 Å². The van der Waals surface area contributed by atoms with Crippen molar-refractivity contribution in [3.05, 3.63) is 71.8 Å². The molecule has 0 radical (unpaired) electrons. The Hall–Kier alpha value is -1.82. The molecule has 0 heterocycles. The highest BCUT2D eigenvalue weighted by molar-refractivity contribution is 5.75. The van der Waals surface area contributed by atoms with Gasteiger partial charge in [-0.1, -0.05) is 60.7 Å². The zero-order chi connectivity index (χ0) is 11.9. The van der Waals surface area contributed by atoms with Crippen molar-refractivity contribution in [2.45, 2.75) is 24.7 Å². The third-order valence-corrected chi connectivity index (χ3v) is 4.39. The molecule has 2 atom stereocenters. The van der Waals surface area contributed by atoms with Crippen LogP contribution in [0.15, 0.2) is 60.7 Å². The summed E-state index contributed by atoms with van der Waals surface area (Å²) in [6, 6.07) is 17.8. The molecular weight excluding hydrogens is 216 g/mol. The summed E-state index contributed by atoms with van der Waals surface area (Å²) in [6.45, 7) is 0. The van der Waals surface area contributed by atoms with Crippen LogP contribution in [-0.4, -0.2) is 0 Å². The Bertz CT molecular complexity index is 621. The minimum atomic E-state index is 0.588. The Morgan fingerprint density at radius 2 is 1.44 bits per heavy atom. The molecule has 2 aromatic rings. The highest BCUT2D eigenvalue weighted by Crippen LogP contribution is 2.50. The first-order chi connectivity index (χ1) is 8.95. The van der Waals surface area contributed by atoms with Gasteiger partial charge in [-0.15, -0.1) is 0 Å². The van der Waals surface area contributed by atoms with E-state index in [2.05, 4.69) is 60.7 Å². The maximum Gasteiger partial charge on any atom is 0.00932 e. The average molecular weight is 232 g/mol. The van der Waals surface area contributed by atoms with Crippen molar-refractivity contribution in [2.75, 3.05) is 0 Å². The van der Waals surface area contributed by atoms with E-state index in [-0.39, 0.29) is 0 Å². The molecule has 0 spiro atoms. The van der Waals surface area contributed by atoms with Crippen LogP contribution in [0.3, 0.4) is 0 Å². The summed E-state index contributed by atoms with van der Waals surface area (Å²) in [5, 5.41) is 0. The van der Waals surface area contributed by atoms with Gasteiger partial charge in [0.05, 0.1) is 0 Å². The van der Waals surface area contributed by atoms with Crippen LogP contribution < -0.4 is 0 Å². The summed E-state index contributed by atoms with van der Waals surface area (Å²) < 4.78 is 0. The molecule has 0 N–H and O–H groups in total. The van der Waals surface area contributed by atoms with Crippen LogP contribution in [0.5, 0.6) is 0 Å². The molecule has 0 saturated heterocycles. The summed E-state index contributed by atoms with van der Waals surface area (Å²) in [6.07, 6.45) is 7.28. The van der Waals surface area contributed by atoms with Gasteiger partial charge in [-0.05, 0) is 41.0 Å². The minimum absolute atomic E-state index is 0.588. The molecule has 0 aromatic heterocycles. The van der Waals surface area contributed by atoms with E-state index >= 15 is 0 Å². The van der Waals surface area contributed by atoms with Crippen LogP contribution in [0.2, 0.25) is 0 Å². The Morgan fingerprint density at radius 3 is 2.28 bits per heavy atom. The standard InChI is InChI=1S/C18H16/c1-2-8-14-13(7-1)15-9-3-4-11-17(15)18-12-6-5-10-16(14)18/h1-5,7-11,16,18H,6,12H2. The van der Waals surface area contributed by atoms with Crippen LogP contribution in [0.1, 0.15) is 35.8 Å². The predicted octanol–water partition coefficient (Wildman–Crippen LogP) is 4.88. The molecule has 0 heteroatoms. The van der Waals surface area contributed by atoms with Gasteiger partial charge in [-0.2, -0.15) is 0 Å². The van der Waals surface area contributed by atoms with Gasteiger partial charge in [0.1, 0.15) is 0 Å². The van der Waals surface area contributed by atoms with Crippen molar-refractivity contribution in [3.63, 3.8) is 0 Å². The Balaban J connectivity index is 2.04. The lowest BCUT2D eigenvalue weighted by atomic mass is 9.68. The van der Waals surface area contributed by atoms with E-state index in [1.807, 2.05) is 0 Å². The molecule has 0 fully saturated rings. The Labute approximate surface area is 108 Å². The molecule has 0 saturated carbocycles. The zero-order valence-corrected chi connectivity index (χ0v) is 10.3. The third-order valence-electron chi connectivity index (χ3n) is 4.39. The average Bonchev–Trinajstić information content (AvgIpc) is 2.48. The van der Waals surface area contributed by atoms with E-state index in [0.29, 0.717) is 11.8 Å². The van der Waals surface area contributed by atoms with E-state index in [1.54, 1.807) is 5.56 Å². The van der Waals surface area contributed by atoms with Crippen molar-refractivity contribution in [1.29, 1.82) is 0 Å². The molecule has 2 unspecified atom stereocenters. The summed E-state index contributed by atoms with van der Waals surface area (Å²) in [5.74, 6) is 1.27. The first-order valence-electron chi connectivity index (χ1n) is 6.80. The number of fused-ring (bicyclic) bond motifs is 6. The van der Waals surface area contributed by atoms with Crippen LogP contribution in [0, 0.1) is 0 Å². The van der Waals surface area contributed by atoms with Gasteiger partial charge in [-0.3, -0.25) is 0 Å². The molecule has 0 nitrogen and oxygen atoms in total. The molecule has 2 aliphatic rings. The fourth-order valence-electron chi connectivity index (χ4n) is 3.60. The SMILES string of the molecule is C1=CC2c3ccccc3-c3ccccc3C2CC1. The first kappa shape index (κ1) is 10.1. The molecule has 2 aromatic carbocycles. The second-order valence-corrected chi connectivity index (χ2v) is 5.31. The second kappa shape index (κ2) is 3.84.